The predicted octanol–water partition coefficient (Wildman–Crippen LogP) is 5.55. The number of ether oxygens (including phenoxy) is 1. The lowest BCUT2D eigenvalue weighted by Crippen LogP contribution is -2.55. The molecule has 0 N–H and O–H groups in total. The molecule has 3 heterocycles. The Hall–Kier alpha value is -4.15. The van der Waals surface area contributed by atoms with Gasteiger partial charge in [-0.1, -0.05) is 48.5 Å². The normalized spacial score (nSPS) is 17.1. The fourth-order valence-corrected chi connectivity index (χ4v) is 6.06. The minimum absolute atomic E-state index is 0.156. The number of hydrogen-bond donors (Lipinski definition) is 0. The Morgan fingerprint density at radius 1 is 1.18 bits per heavy atom. The zero-order chi connectivity index (χ0) is 26.2. The van der Waals surface area contributed by atoms with Gasteiger partial charge in [-0.2, -0.15) is 5.26 Å². The summed E-state index contributed by atoms with van der Waals surface area (Å²) >= 11 is 6.70. The summed E-state index contributed by atoms with van der Waals surface area (Å²) in [5.41, 5.74) is 4.04. The number of fused-ring (bicyclic) bond motifs is 4. The highest BCUT2D eigenvalue weighted by Gasteiger charge is 2.32. The van der Waals surface area contributed by atoms with Crippen LogP contribution in [0.1, 0.15) is 18.4 Å². The average molecular weight is 524 g/mol. The summed E-state index contributed by atoms with van der Waals surface area (Å²) in [5, 5.41) is 13.1. The Bertz CT molecular complexity index is 1620. The molecule has 2 aliphatic rings. The lowest BCUT2D eigenvalue weighted by molar-refractivity contribution is -0.128. The van der Waals surface area contributed by atoms with E-state index in [0.29, 0.717) is 31.3 Å². The molecular formula is C30H26ClN5O2. The van der Waals surface area contributed by atoms with Gasteiger partial charge in [0.1, 0.15) is 17.9 Å². The number of hydrogen-bond acceptors (Lipinski definition) is 6. The highest BCUT2D eigenvalue weighted by atomic mass is 35.5. The minimum atomic E-state index is -0.252. The molecule has 7 nitrogen and oxygen atoms in total. The quantitative estimate of drug-likeness (QED) is 0.326. The number of anilines is 1. The monoisotopic (exact) mass is 523 g/mol. The molecular weight excluding hydrogens is 498 g/mol. The number of nitriles is 1. The van der Waals surface area contributed by atoms with Crippen LogP contribution in [0.2, 0.25) is 5.02 Å². The van der Waals surface area contributed by atoms with Crippen LogP contribution < -0.4 is 9.64 Å². The first-order valence-electron chi connectivity index (χ1n) is 12.8. The van der Waals surface area contributed by atoms with Crippen LogP contribution in [0.25, 0.3) is 32.8 Å². The van der Waals surface area contributed by atoms with Gasteiger partial charge < -0.3 is 14.5 Å². The molecule has 0 radical (unpaired) electrons. The minimum Gasteiger partial charge on any atom is -0.492 e. The summed E-state index contributed by atoms with van der Waals surface area (Å²) in [6.07, 6.45) is 4.91. The first-order chi connectivity index (χ1) is 18.6. The number of benzene rings is 3. The molecule has 0 unspecified atom stereocenters. The molecule has 3 aromatic carbocycles. The number of nitrogens with zero attached hydrogens (tertiary/aromatic N) is 5. The van der Waals surface area contributed by atoms with Gasteiger partial charge in [-0.3, -0.25) is 4.79 Å². The Morgan fingerprint density at radius 2 is 2.03 bits per heavy atom. The molecule has 1 atom stereocenters. The first-order valence-corrected chi connectivity index (χ1v) is 13.1. The van der Waals surface area contributed by atoms with Gasteiger partial charge in [0.15, 0.2) is 0 Å². The summed E-state index contributed by atoms with van der Waals surface area (Å²) in [5.74, 6) is 1.42. The number of aromatic nitrogens is 2. The van der Waals surface area contributed by atoms with E-state index in [-0.39, 0.29) is 18.4 Å². The lowest BCUT2D eigenvalue weighted by atomic mass is 9.89. The second-order valence-electron chi connectivity index (χ2n) is 9.62. The summed E-state index contributed by atoms with van der Waals surface area (Å²) in [6, 6.07) is 16.3. The Kier molecular flexibility index (Phi) is 6.34. The van der Waals surface area contributed by atoms with E-state index in [2.05, 4.69) is 52.9 Å². The zero-order valence-corrected chi connectivity index (χ0v) is 21.6. The van der Waals surface area contributed by atoms with E-state index in [4.69, 9.17) is 21.3 Å². The van der Waals surface area contributed by atoms with Crippen molar-refractivity contribution >= 4 is 45.0 Å². The molecule has 190 valence electrons. The average Bonchev–Trinajstić information content (AvgIpc) is 2.96. The van der Waals surface area contributed by atoms with E-state index in [0.717, 1.165) is 62.8 Å². The largest absolute Gasteiger partial charge is 0.492 e. The maximum atomic E-state index is 12.4. The molecule has 1 aromatic heterocycles. The van der Waals surface area contributed by atoms with E-state index >= 15 is 0 Å². The summed E-state index contributed by atoms with van der Waals surface area (Å²) in [4.78, 5) is 25.6. The number of piperazine rings is 1. The SMILES string of the molecule is C=CC(=O)N1CCN(c2ncnc3cc(-c4cccc5cccc(Cl)c45)c4c(c23)OCCC4)C[C@@H]1CC#N. The van der Waals surface area contributed by atoms with Crippen molar-refractivity contribution in [3.05, 3.63) is 72.0 Å². The van der Waals surface area contributed by atoms with Gasteiger partial charge in [0.2, 0.25) is 5.91 Å². The Balaban J connectivity index is 1.51. The number of carbonyl (C=O) groups is 1. The molecule has 1 amide bonds. The van der Waals surface area contributed by atoms with Crippen molar-refractivity contribution in [2.75, 3.05) is 31.1 Å². The summed E-state index contributed by atoms with van der Waals surface area (Å²) < 4.78 is 6.35. The van der Waals surface area contributed by atoms with Crippen LogP contribution in [0, 0.1) is 11.3 Å². The molecule has 0 spiro atoms. The molecule has 8 heteroatoms. The lowest BCUT2D eigenvalue weighted by Gasteiger charge is -2.41. The molecule has 6 rings (SSSR count). The van der Waals surface area contributed by atoms with Gasteiger partial charge in [-0.25, -0.2) is 9.97 Å². The van der Waals surface area contributed by atoms with Crippen LogP contribution in [0.3, 0.4) is 0 Å². The molecule has 2 aliphatic heterocycles. The molecule has 0 saturated carbocycles. The number of halogens is 1. The van der Waals surface area contributed by atoms with Gasteiger partial charge in [-0.15, -0.1) is 0 Å². The smallest absolute Gasteiger partial charge is 0.246 e. The molecule has 1 fully saturated rings. The molecule has 1 saturated heterocycles. The highest BCUT2D eigenvalue weighted by molar-refractivity contribution is 6.36. The third kappa shape index (κ3) is 4.02. The van der Waals surface area contributed by atoms with Crippen LogP contribution in [0.5, 0.6) is 5.75 Å². The van der Waals surface area contributed by atoms with Gasteiger partial charge >= 0.3 is 0 Å². The third-order valence-electron chi connectivity index (χ3n) is 7.49. The van der Waals surface area contributed by atoms with Crippen molar-refractivity contribution in [3.63, 3.8) is 0 Å². The Labute approximate surface area is 225 Å². The van der Waals surface area contributed by atoms with Crippen LogP contribution >= 0.6 is 11.6 Å². The van der Waals surface area contributed by atoms with Crippen molar-refractivity contribution in [2.45, 2.75) is 25.3 Å². The van der Waals surface area contributed by atoms with Crippen molar-refractivity contribution in [1.29, 1.82) is 5.26 Å². The second kappa shape index (κ2) is 9.96. The van der Waals surface area contributed by atoms with E-state index in [1.807, 2.05) is 12.1 Å². The van der Waals surface area contributed by atoms with E-state index in [1.165, 1.54) is 6.08 Å². The molecule has 0 bridgehead atoms. The van der Waals surface area contributed by atoms with Crippen LogP contribution in [0.15, 0.2) is 61.4 Å². The highest BCUT2D eigenvalue weighted by Crippen LogP contribution is 2.45. The third-order valence-corrected chi connectivity index (χ3v) is 7.81. The predicted molar refractivity (Wildman–Crippen MR) is 149 cm³/mol. The topological polar surface area (TPSA) is 82.3 Å². The van der Waals surface area contributed by atoms with E-state index in [1.54, 1.807) is 11.2 Å². The Morgan fingerprint density at radius 3 is 2.84 bits per heavy atom. The van der Waals surface area contributed by atoms with Crippen LogP contribution in [-0.4, -0.2) is 53.1 Å². The van der Waals surface area contributed by atoms with Crippen molar-refractivity contribution in [1.82, 2.24) is 14.9 Å². The zero-order valence-electron chi connectivity index (χ0n) is 20.9. The molecule has 38 heavy (non-hydrogen) atoms. The summed E-state index contributed by atoms with van der Waals surface area (Å²) in [6.45, 7) is 5.81. The maximum Gasteiger partial charge on any atom is 0.246 e. The molecule has 4 aromatic rings. The first kappa shape index (κ1) is 24.2. The van der Waals surface area contributed by atoms with Gasteiger partial charge in [0.25, 0.3) is 0 Å². The van der Waals surface area contributed by atoms with E-state index in [9.17, 15) is 10.1 Å². The fourth-order valence-electron chi connectivity index (χ4n) is 5.78. The summed E-state index contributed by atoms with van der Waals surface area (Å²) in [7, 11) is 0. The van der Waals surface area contributed by atoms with Crippen molar-refractivity contribution in [2.24, 2.45) is 0 Å². The van der Waals surface area contributed by atoms with Gasteiger partial charge in [0.05, 0.1) is 36.0 Å². The van der Waals surface area contributed by atoms with Crippen LogP contribution in [-0.2, 0) is 11.2 Å². The fraction of sp³-hybridized carbons (Fsp3) is 0.267. The number of amides is 1. The molecule has 0 aliphatic carbocycles. The van der Waals surface area contributed by atoms with Gasteiger partial charge in [-0.05, 0) is 47.6 Å². The van der Waals surface area contributed by atoms with Crippen LogP contribution in [0.4, 0.5) is 5.82 Å². The maximum absolute atomic E-state index is 12.4. The number of rotatable bonds is 4. The number of carbonyl (C=O) groups excluding carboxylic acids is 1. The standard InChI is InChI=1S/C30H26ClN5O2/c1-2-26(37)36-14-13-35(17-20(36)11-12-32)30-28-25(33-18-34-30)16-23(22-9-5-15-38-29(22)28)21-8-3-6-19-7-4-10-24(31)27(19)21/h2-4,6-8,10,16,18,20H,1,5,9,11,13-15,17H2/t20-/m0/s1. The van der Waals surface area contributed by atoms with Crippen molar-refractivity contribution < 1.29 is 9.53 Å². The van der Waals surface area contributed by atoms with Gasteiger partial charge in [0, 0.05) is 35.6 Å². The van der Waals surface area contributed by atoms with Crippen molar-refractivity contribution in [3.8, 4) is 22.9 Å². The second-order valence-corrected chi connectivity index (χ2v) is 10.0. The van der Waals surface area contributed by atoms with E-state index < -0.39 is 0 Å².